The van der Waals surface area contributed by atoms with Crippen LogP contribution >= 0.6 is 0 Å². The van der Waals surface area contributed by atoms with Gasteiger partial charge in [-0.3, -0.25) is 4.90 Å². The zero-order valence-electron chi connectivity index (χ0n) is 16.9. The predicted molar refractivity (Wildman–Crippen MR) is 108 cm³/mol. The molecule has 0 aromatic heterocycles. The molecule has 0 aliphatic carbocycles. The van der Waals surface area contributed by atoms with Gasteiger partial charge in [-0.05, 0) is 42.2 Å². The number of hydrogen-bond acceptors (Lipinski definition) is 4. The Bertz CT molecular complexity index is 750. The summed E-state index contributed by atoms with van der Waals surface area (Å²) >= 11 is 0. The fourth-order valence-corrected chi connectivity index (χ4v) is 3.41. The number of nitrogens with zero attached hydrogens (tertiary/aromatic N) is 1. The Morgan fingerprint density at radius 1 is 1.07 bits per heavy atom. The minimum absolute atomic E-state index is 0.197. The zero-order valence-corrected chi connectivity index (χ0v) is 16.9. The fraction of sp³-hybridized carbons (Fsp3) is 0.478. The molecule has 0 saturated heterocycles. The largest absolute Gasteiger partial charge is 0.492 e. The van der Waals surface area contributed by atoms with E-state index in [2.05, 4.69) is 31.7 Å². The van der Waals surface area contributed by atoms with Crippen LogP contribution in [0.5, 0.6) is 11.5 Å². The highest BCUT2D eigenvalue weighted by atomic mass is 16.5. The summed E-state index contributed by atoms with van der Waals surface area (Å²) < 4.78 is 11.7. The number of fused-ring (bicyclic) bond motifs is 1. The molecule has 0 amide bonds. The van der Waals surface area contributed by atoms with E-state index >= 15 is 0 Å². The first-order chi connectivity index (χ1) is 12.7. The van der Waals surface area contributed by atoms with Crippen LogP contribution in [-0.2, 0) is 12.1 Å². The molecule has 1 unspecified atom stereocenters. The molecule has 4 nitrogen and oxygen atoms in total. The molecule has 27 heavy (non-hydrogen) atoms. The molecule has 146 valence electrons. The van der Waals surface area contributed by atoms with Crippen LogP contribution in [0.2, 0.25) is 0 Å². The smallest absolute Gasteiger partial charge is 0.123 e. The van der Waals surface area contributed by atoms with Gasteiger partial charge >= 0.3 is 0 Å². The van der Waals surface area contributed by atoms with E-state index in [1.165, 1.54) is 0 Å². The van der Waals surface area contributed by atoms with Gasteiger partial charge in [-0.1, -0.05) is 45.0 Å². The van der Waals surface area contributed by atoms with Crippen LogP contribution in [0.25, 0.3) is 0 Å². The number of aliphatic hydroxyl groups is 1. The molecule has 0 spiro atoms. The van der Waals surface area contributed by atoms with Crippen LogP contribution in [-0.4, -0.2) is 36.3 Å². The third-order valence-corrected chi connectivity index (χ3v) is 4.70. The van der Waals surface area contributed by atoms with E-state index in [1.807, 2.05) is 42.5 Å². The molecule has 2 aromatic carbocycles. The second kappa shape index (κ2) is 7.91. The van der Waals surface area contributed by atoms with Crippen molar-refractivity contribution < 1.29 is 14.6 Å². The summed E-state index contributed by atoms with van der Waals surface area (Å²) in [6.45, 7) is 12.2. The first-order valence-corrected chi connectivity index (χ1v) is 9.62. The summed E-state index contributed by atoms with van der Waals surface area (Å²) in [5, 5.41) is 11.0. The minimum atomic E-state index is -1.08. The van der Waals surface area contributed by atoms with Crippen molar-refractivity contribution in [2.45, 2.75) is 39.8 Å². The lowest BCUT2D eigenvalue weighted by Gasteiger charge is -2.29. The predicted octanol–water partition coefficient (Wildman–Crippen LogP) is 4.21. The molecular formula is C23H31NO3. The van der Waals surface area contributed by atoms with Crippen molar-refractivity contribution >= 4 is 0 Å². The van der Waals surface area contributed by atoms with E-state index < -0.39 is 5.60 Å². The van der Waals surface area contributed by atoms with Gasteiger partial charge < -0.3 is 14.6 Å². The van der Waals surface area contributed by atoms with Crippen molar-refractivity contribution in [2.75, 3.05) is 26.3 Å². The summed E-state index contributed by atoms with van der Waals surface area (Å²) in [7, 11) is 0. The average Bonchev–Trinajstić information content (AvgIpc) is 2.80. The molecular weight excluding hydrogens is 338 g/mol. The number of hydrogen-bond donors (Lipinski definition) is 1. The maximum atomic E-state index is 11.0. The Kier molecular flexibility index (Phi) is 5.78. The molecule has 3 rings (SSSR count). The van der Waals surface area contributed by atoms with E-state index in [0.29, 0.717) is 6.61 Å². The van der Waals surface area contributed by atoms with Gasteiger partial charge in [0.15, 0.2) is 0 Å². The summed E-state index contributed by atoms with van der Waals surface area (Å²) in [6, 6.07) is 15.6. The first-order valence-electron chi connectivity index (χ1n) is 9.62. The molecule has 0 radical (unpaired) electrons. The highest BCUT2D eigenvalue weighted by molar-refractivity contribution is 5.40. The van der Waals surface area contributed by atoms with Crippen LogP contribution in [0, 0.1) is 5.41 Å². The van der Waals surface area contributed by atoms with Crippen molar-refractivity contribution in [1.29, 1.82) is 0 Å². The zero-order chi connectivity index (χ0) is 19.5. The van der Waals surface area contributed by atoms with E-state index in [9.17, 15) is 5.11 Å². The Hall–Kier alpha value is -2.04. The molecule has 1 aliphatic rings. The van der Waals surface area contributed by atoms with E-state index in [4.69, 9.17) is 9.47 Å². The highest BCUT2D eigenvalue weighted by Crippen LogP contribution is 2.31. The van der Waals surface area contributed by atoms with Crippen molar-refractivity contribution in [3.63, 3.8) is 0 Å². The summed E-state index contributed by atoms with van der Waals surface area (Å²) in [5.74, 6) is 1.67. The molecule has 1 heterocycles. The maximum Gasteiger partial charge on any atom is 0.123 e. The van der Waals surface area contributed by atoms with Crippen molar-refractivity contribution in [3.8, 4) is 11.5 Å². The second-order valence-electron chi connectivity index (χ2n) is 8.82. The quantitative estimate of drug-likeness (QED) is 0.857. The third kappa shape index (κ3) is 5.47. The van der Waals surface area contributed by atoms with Crippen LogP contribution in [0.1, 0.15) is 38.8 Å². The molecule has 1 atom stereocenters. The average molecular weight is 370 g/mol. The van der Waals surface area contributed by atoms with Crippen molar-refractivity contribution in [3.05, 3.63) is 59.7 Å². The highest BCUT2D eigenvalue weighted by Gasteiger charge is 2.27. The molecule has 1 N–H and O–H groups in total. The summed E-state index contributed by atoms with van der Waals surface area (Å²) in [6.07, 6.45) is 0. The Labute approximate surface area is 162 Å². The van der Waals surface area contributed by atoms with Gasteiger partial charge in [-0.25, -0.2) is 0 Å². The molecule has 2 aromatic rings. The number of ether oxygens (including phenoxy) is 2. The van der Waals surface area contributed by atoms with Crippen LogP contribution in [0.3, 0.4) is 0 Å². The van der Waals surface area contributed by atoms with Gasteiger partial charge in [-0.2, -0.15) is 0 Å². The molecule has 1 aliphatic heterocycles. The maximum absolute atomic E-state index is 11.0. The first kappa shape index (κ1) is 19.7. The van der Waals surface area contributed by atoms with E-state index in [0.717, 1.165) is 42.3 Å². The minimum Gasteiger partial charge on any atom is -0.492 e. The summed E-state index contributed by atoms with van der Waals surface area (Å²) in [4.78, 5) is 2.42. The van der Waals surface area contributed by atoms with Gasteiger partial charge in [-0.15, -0.1) is 0 Å². The normalized spacial score (nSPS) is 17.4. The lowest BCUT2D eigenvalue weighted by Crippen LogP contribution is -2.34. The van der Waals surface area contributed by atoms with Crippen LogP contribution in [0.4, 0.5) is 0 Å². The molecule has 4 heteroatoms. The van der Waals surface area contributed by atoms with Gasteiger partial charge in [0.25, 0.3) is 0 Å². The van der Waals surface area contributed by atoms with Crippen LogP contribution in [0.15, 0.2) is 48.5 Å². The monoisotopic (exact) mass is 369 g/mol. The topological polar surface area (TPSA) is 41.9 Å². The lowest BCUT2D eigenvalue weighted by atomic mass is 9.93. The Balaban J connectivity index is 1.75. The summed E-state index contributed by atoms with van der Waals surface area (Å²) in [5.41, 5.74) is 1.12. The number of benzene rings is 2. The standard InChI is InChI=1S/C23H31NO3/c1-22(2,3)16-24-12-13-26-21-11-10-19(14-18(21)15-24)23(4,25)17-27-20-8-6-5-7-9-20/h5-11,14,25H,12-13,15-17H2,1-4H3. The van der Waals surface area contributed by atoms with E-state index in [-0.39, 0.29) is 12.0 Å². The molecule has 0 bridgehead atoms. The Morgan fingerprint density at radius 2 is 1.81 bits per heavy atom. The van der Waals surface area contributed by atoms with Gasteiger partial charge in [0.2, 0.25) is 0 Å². The molecule has 0 fully saturated rings. The van der Waals surface area contributed by atoms with Crippen molar-refractivity contribution in [2.24, 2.45) is 5.41 Å². The fourth-order valence-electron chi connectivity index (χ4n) is 3.41. The van der Waals surface area contributed by atoms with Crippen LogP contribution < -0.4 is 9.47 Å². The number of para-hydroxylation sites is 1. The van der Waals surface area contributed by atoms with Gasteiger partial charge in [0.1, 0.15) is 30.3 Å². The van der Waals surface area contributed by atoms with Gasteiger partial charge in [0.05, 0.1) is 0 Å². The third-order valence-electron chi connectivity index (χ3n) is 4.70. The van der Waals surface area contributed by atoms with E-state index in [1.54, 1.807) is 6.92 Å². The van der Waals surface area contributed by atoms with Crippen molar-refractivity contribution in [1.82, 2.24) is 4.90 Å². The number of rotatable bonds is 5. The second-order valence-corrected chi connectivity index (χ2v) is 8.82. The Morgan fingerprint density at radius 3 is 2.52 bits per heavy atom. The lowest BCUT2D eigenvalue weighted by molar-refractivity contribution is 0.00747. The molecule has 0 saturated carbocycles. The van der Waals surface area contributed by atoms with Gasteiger partial charge in [0, 0.05) is 25.2 Å². The SMILES string of the molecule is CC(C)(C)CN1CCOc2ccc(C(C)(O)COc3ccccc3)cc2C1.